The van der Waals surface area contributed by atoms with E-state index in [1.807, 2.05) is 0 Å². The van der Waals surface area contributed by atoms with Crippen LogP contribution in [0.25, 0.3) is 0 Å². The molecule has 94 valence electrons. The highest BCUT2D eigenvalue weighted by molar-refractivity contribution is 5.93. The summed E-state index contributed by atoms with van der Waals surface area (Å²) in [4.78, 5) is 11.4. The predicted molar refractivity (Wildman–Crippen MR) is 63.2 cm³/mol. The summed E-state index contributed by atoms with van der Waals surface area (Å²) in [7, 11) is 1.50. The number of anilines is 1. The van der Waals surface area contributed by atoms with Gasteiger partial charge in [-0.2, -0.15) is 0 Å². The summed E-state index contributed by atoms with van der Waals surface area (Å²) in [6.07, 6.45) is 0. The Bertz CT molecular complexity index is 382. The standard InChI is InChI=1S/C11H16N2O4/c1-16-8-2-3-10(14)9(6-8)13-11(15)7-17-5-4-12/h2-3,6,14H,4-5,7,12H2,1H3,(H,13,15). The number of phenols is 1. The fourth-order valence-corrected chi connectivity index (χ4v) is 1.18. The van der Waals surface area contributed by atoms with Gasteiger partial charge in [0.15, 0.2) is 0 Å². The number of carbonyl (C=O) groups excluding carboxylic acids is 1. The average Bonchev–Trinajstić information content (AvgIpc) is 2.32. The van der Waals surface area contributed by atoms with Gasteiger partial charge in [-0.25, -0.2) is 0 Å². The number of phenolic OH excluding ortho intramolecular Hbond substituents is 1. The van der Waals surface area contributed by atoms with Gasteiger partial charge in [0.1, 0.15) is 18.1 Å². The van der Waals surface area contributed by atoms with E-state index in [0.717, 1.165) is 0 Å². The lowest BCUT2D eigenvalue weighted by atomic mass is 10.2. The van der Waals surface area contributed by atoms with Gasteiger partial charge in [0.05, 0.1) is 19.4 Å². The second-order valence-corrected chi connectivity index (χ2v) is 3.27. The zero-order valence-electron chi connectivity index (χ0n) is 9.60. The lowest BCUT2D eigenvalue weighted by Gasteiger charge is -2.09. The van der Waals surface area contributed by atoms with Crippen LogP contribution in [0.5, 0.6) is 11.5 Å². The first-order chi connectivity index (χ1) is 8.17. The van der Waals surface area contributed by atoms with E-state index in [1.54, 1.807) is 6.07 Å². The quantitative estimate of drug-likeness (QED) is 0.491. The van der Waals surface area contributed by atoms with E-state index >= 15 is 0 Å². The number of hydrogen-bond donors (Lipinski definition) is 3. The molecule has 1 aromatic carbocycles. The maximum absolute atomic E-state index is 11.4. The predicted octanol–water partition coefficient (Wildman–Crippen LogP) is 0.315. The van der Waals surface area contributed by atoms with E-state index in [2.05, 4.69) is 5.32 Å². The minimum absolute atomic E-state index is 0.0297. The van der Waals surface area contributed by atoms with Crippen LogP contribution in [-0.2, 0) is 9.53 Å². The van der Waals surface area contributed by atoms with Gasteiger partial charge in [-0.05, 0) is 12.1 Å². The van der Waals surface area contributed by atoms with Crippen molar-refractivity contribution in [2.45, 2.75) is 0 Å². The molecule has 0 heterocycles. The molecule has 0 unspecified atom stereocenters. The number of nitrogens with two attached hydrogens (primary N) is 1. The Morgan fingerprint density at radius 1 is 1.53 bits per heavy atom. The molecule has 4 N–H and O–H groups in total. The highest BCUT2D eigenvalue weighted by Gasteiger charge is 2.07. The zero-order valence-corrected chi connectivity index (χ0v) is 9.60. The van der Waals surface area contributed by atoms with Crippen LogP contribution in [0.2, 0.25) is 0 Å². The van der Waals surface area contributed by atoms with E-state index in [4.69, 9.17) is 15.2 Å². The molecule has 1 aromatic rings. The number of amides is 1. The van der Waals surface area contributed by atoms with Crippen LogP contribution in [0.3, 0.4) is 0 Å². The van der Waals surface area contributed by atoms with Crippen LogP contribution in [0, 0.1) is 0 Å². The van der Waals surface area contributed by atoms with Gasteiger partial charge in [-0.3, -0.25) is 4.79 Å². The summed E-state index contributed by atoms with van der Waals surface area (Å²) in [5.41, 5.74) is 5.50. The van der Waals surface area contributed by atoms with Gasteiger partial charge in [0, 0.05) is 12.6 Å². The second-order valence-electron chi connectivity index (χ2n) is 3.27. The van der Waals surface area contributed by atoms with Crippen molar-refractivity contribution >= 4 is 11.6 Å². The average molecular weight is 240 g/mol. The highest BCUT2D eigenvalue weighted by Crippen LogP contribution is 2.27. The van der Waals surface area contributed by atoms with Crippen LogP contribution in [0.4, 0.5) is 5.69 Å². The Kier molecular flexibility index (Phi) is 5.25. The molecule has 0 aromatic heterocycles. The highest BCUT2D eigenvalue weighted by atomic mass is 16.5. The molecule has 0 radical (unpaired) electrons. The first-order valence-electron chi connectivity index (χ1n) is 5.12. The molecule has 1 rings (SSSR count). The van der Waals surface area contributed by atoms with E-state index in [0.29, 0.717) is 18.9 Å². The number of nitrogens with one attached hydrogen (secondary N) is 1. The van der Waals surface area contributed by atoms with Crippen molar-refractivity contribution in [2.75, 3.05) is 32.2 Å². The molecule has 0 aliphatic heterocycles. The summed E-state index contributed by atoms with van der Waals surface area (Å²) in [6, 6.07) is 4.56. The molecule has 6 heteroatoms. The smallest absolute Gasteiger partial charge is 0.250 e. The zero-order chi connectivity index (χ0) is 12.7. The minimum atomic E-state index is -0.359. The van der Waals surface area contributed by atoms with Crippen LogP contribution in [0.15, 0.2) is 18.2 Å². The summed E-state index contributed by atoms with van der Waals surface area (Å²) in [5, 5.41) is 12.0. The van der Waals surface area contributed by atoms with Crippen molar-refractivity contribution in [1.29, 1.82) is 0 Å². The summed E-state index contributed by atoms with van der Waals surface area (Å²) in [6.45, 7) is 0.572. The van der Waals surface area contributed by atoms with Gasteiger partial charge in [-0.1, -0.05) is 0 Å². The first-order valence-corrected chi connectivity index (χ1v) is 5.12. The molecule has 0 spiro atoms. The molecule has 0 saturated carbocycles. The molecule has 0 saturated heterocycles. The van der Waals surface area contributed by atoms with Crippen LogP contribution >= 0.6 is 0 Å². The topological polar surface area (TPSA) is 93.8 Å². The lowest BCUT2D eigenvalue weighted by Crippen LogP contribution is -2.20. The first kappa shape index (κ1) is 13.3. The third kappa shape index (κ3) is 4.29. The number of hydrogen-bond acceptors (Lipinski definition) is 5. The Balaban J connectivity index is 2.57. The minimum Gasteiger partial charge on any atom is -0.506 e. The summed E-state index contributed by atoms with van der Waals surface area (Å²) < 4.78 is 9.94. The number of ether oxygens (including phenoxy) is 2. The summed E-state index contributed by atoms with van der Waals surface area (Å²) in [5.74, 6) is 0.154. The molecule has 0 bridgehead atoms. The van der Waals surface area contributed by atoms with E-state index in [1.165, 1.54) is 19.2 Å². The van der Waals surface area contributed by atoms with Crippen molar-refractivity contribution in [3.05, 3.63) is 18.2 Å². The molecule has 17 heavy (non-hydrogen) atoms. The van der Waals surface area contributed by atoms with Crippen LogP contribution < -0.4 is 15.8 Å². The van der Waals surface area contributed by atoms with Gasteiger partial charge >= 0.3 is 0 Å². The molecular weight excluding hydrogens is 224 g/mol. The molecule has 1 amide bonds. The third-order valence-corrected chi connectivity index (χ3v) is 1.97. The van der Waals surface area contributed by atoms with Crippen LogP contribution in [0.1, 0.15) is 0 Å². The van der Waals surface area contributed by atoms with E-state index in [9.17, 15) is 9.90 Å². The van der Waals surface area contributed by atoms with Crippen molar-refractivity contribution in [3.8, 4) is 11.5 Å². The Morgan fingerprint density at radius 3 is 2.94 bits per heavy atom. The Hall–Kier alpha value is -1.79. The number of carbonyl (C=O) groups is 1. The molecule has 6 nitrogen and oxygen atoms in total. The maximum Gasteiger partial charge on any atom is 0.250 e. The number of rotatable bonds is 6. The molecule has 0 aliphatic carbocycles. The molecule has 0 aliphatic rings. The van der Waals surface area contributed by atoms with E-state index in [-0.39, 0.29) is 24.0 Å². The van der Waals surface area contributed by atoms with Gasteiger partial charge in [0.2, 0.25) is 5.91 Å². The Morgan fingerprint density at radius 2 is 2.29 bits per heavy atom. The third-order valence-electron chi connectivity index (χ3n) is 1.97. The maximum atomic E-state index is 11.4. The molecule has 0 atom stereocenters. The van der Waals surface area contributed by atoms with Crippen molar-refractivity contribution < 1.29 is 19.4 Å². The van der Waals surface area contributed by atoms with Gasteiger partial charge in [0.25, 0.3) is 0 Å². The molecule has 0 fully saturated rings. The molecular formula is C11H16N2O4. The number of aromatic hydroxyl groups is 1. The van der Waals surface area contributed by atoms with Crippen molar-refractivity contribution in [1.82, 2.24) is 0 Å². The fraction of sp³-hybridized carbons (Fsp3) is 0.364. The Labute approximate surface area is 99.3 Å². The van der Waals surface area contributed by atoms with Crippen molar-refractivity contribution in [2.24, 2.45) is 5.73 Å². The fourth-order valence-electron chi connectivity index (χ4n) is 1.18. The normalized spacial score (nSPS) is 10.0. The monoisotopic (exact) mass is 240 g/mol. The lowest BCUT2D eigenvalue weighted by molar-refractivity contribution is -0.120. The number of benzene rings is 1. The second kappa shape index (κ2) is 6.72. The van der Waals surface area contributed by atoms with Crippen LogP contribution in [-0.4, -0.2) is 37.9 Å². The SMILES string of the molecule is COc1ccc(O)c(NC(=O)COCCN)c1. The summed E-state index contributed by atoms with van der Waals surface area (Å²) >= 11 is 0. The largest absolute Gasteiger partial charge is 0.506 e. The van der Waals surface area contributed by atoms with Gasteiger partial charge < -0.3 is 25.6 Å². The van der Waals surface area contributed by atoms with Crippen molar-refractivity contribution in [3.63, 3.8) is 0 Å². The van der Waals surface area contributed by atoms with E-state index < -0.39 is 0 Å². The number of methoxy groups -OCH3 is 1. The van der Waals surface area contributed by atoms with Gasteiger partial charge in [-0.15, -0.1) is 0 Å².